The van der Waals surface area contributed by atoms with Gasteiger partial charge < -0.3 is 4.74 Å². The lowest BCUT2D eigenvalue weighted by molar-refractivity contribution is -0.0411. The van der Waals surface area contributed by atoms with E-state index in [-0.39, 0.29) is 6.23 Å². The van der Waals surface area contributed by atoms with Gasteiger partial charge in [0, 0.05) is 6.61 Å². The number of hydrogen-bond donors (Lipinski definition) is 0. The van der Waals surface area contributed by atoms with E-state index in [1.54, 1.807) is 6.08 Å². The molecule has 0 N–H and O–H groups in total. The minimum absolute atomic E-state index is 0.129. The highest BCUT2D eigenvalue weighted by Crippen LogP contribution is 2.24. The highest BCUT2D eigenvalue weighted by molar-refractivity contribution is 14.1. The monoisotopic (exact) mass is 304 g/mol. The van der Waals surface area contributed by atoms with Crippen molar-refractivity contribution in [2.45, 2.75) is 25.5 Å². The molecular weight excluding hydrogens is 291 g/mol. The van der Waals surface area contributed by atoms with E-state index >= 15 is 0 Å². The highest BCUT2D eigenvalue weighted by atomic mass is 127. The van der Waals surface area contributed by atoms with Crippen molar-refractivity contribution in [3.63, 3.8) is 0 Å². The Morgan fingerprint density at radius 1 is 1.64 bits per heavy atom. The zero-order valence-corrected chi connectivity index (χ0v) is 10.1. The second-order valence-electron chi connectivity index (χ2n) is 3.36. The minimum Gasteiger partial charge on any atom is -0.356 e. The number of rotatable bonds is 2. The summed E-state index contributed by atoms with van der Waals surface area (Å²) in [6.45, 7) is 4.56. The van der Waals surface area contributed by atoms with Crippen LogP contribution in [0, 0.1) is 3.70 Å². The van der Waals surface area contributed by atoms with E-state index in [9.17, 15) is 0 Å². The van der Waals surface area contributed by atoms with Crippen LogP contribution in [0.1, 0.15) is 31.2 Å². The summed E-state index contributed by atoms with van der Waals surface area (Å²) in [4.78, 5) is 0. The van der Waals surface area contributed by atoms with Gasteiger partial charge in [0.05, 0.1) is 5.69 Å². The third kappa shape index (κ3) is 2.00. The Bertz CT molecular complexity index is 329. The van der Waals surface area contributed by atoms with Gasteiger partial charge in [-0.3, -0.25) is 0 Å². The average molecular weight is 304 g/mol. The number of aromatic nitrogens is 2. The minimum atomic E-state index is 0.129. The van der Waals surface area contributed by atoms with Gasteiger partial charge in [-0.25, -0.2) is 4.68 Å². The van der Waals surface area contributed by atoms with E-state index in [1.165, 1.54) is 12.8 Å². The van der Waals surface area contributed by atoms with Gasteiger partial charge in [0.2, 0.25) is 0 Å². The van der Waals surface area contributed by atoms with Gasteiger partial charge in [-0.2, -0.15) is 5.10 Å². The summed E-state index contributed by atoms with van der Waals surface area (Å²) in [6, 6.07) is 2.02. The Hall–Kier alpha value is -0.360. The number of hydrogen-bond acceptors (Lipinski definition) is 2. The largest absolute Gasteiger partial charge is 0.356 e. The molecule has 0 bridgehead atoms. The molecule has 1 aromatic rings. The first-order chi connectivity index (χ1) is 6.81. The fourth-order valence-corrected chi connectivity index (χ4v) is 2.35. The predicted molar refractivity (Wildman–Crippen MR) is 63.9 cm³/mol. The first-order valence-corrected chi connectivity index (χ1v) is 5.88. The molecule has 0 spiro atoms. The van der Waals surface area contributed by atoms with Crippen LogP contribution < -0.4 is 0 Å². The van der Waals surface area contributed by atoms with Crippen LogP contribution in [0.25, 0.3) is 6.08 Å². The van der Waals surface area contributed by atoms with E-state index in [4.69, 9.17) is 4.74 Å². The van der Waals surface area contributed by atoms with Crippen molar-refractivity contribution in [1.29, 1.82) is 0 Å². The molecule has 1 fully saturated rings. The molecule has 0 saturated carbocycles. The van der Waals surface area contributed by atoms with E-state index < -0.39 is 0 Å². The third-order valence-electron chi connectivity index (χ3n) is 2.35. The van der Waals surface area contributed by atoms with Gasteiger partial charge >= 0.3 is 0 Å². The van der Waals surface area contributed by atoms with Crippen LogP contribution in [0.2, 0.25) is 0 Å². The van der Waals surface area contributed by atoms with E-state index in [0.29, 0.717) is 0 Å². The van der Waals surface area contributed by atoms with Gasteiger partial charge in [0.25, 0.3) is 0 Å². The fraction of sp³-hybridized carbons (Fsp3) is 0.500. The van der Waals surface area contributed by atoms with Crippen LogP contribution in [-0.2, 0) is 4.74 Å². The molecule has 3 nitrogen and oxygen atoms in total. The molecule has 2 rings (SSSR count). The van der Waals surface area contributed by atoms with Crippen LogP contribution in [0.3, 0.4) is 0 Å². The molecule has 14 heavy (non-hydrogen) atoms. The number of ether oxygens (including phenoxy) is 1. The van der Waals surface area contributed by atoms with Crippen molar-refractivity contribution in [2.75, 3.05) is 6.61 Å². The molecule has 1 aromatic heterocycles. The highest BCUT2D eigenvalue weighted by Gasteiger charge is 2.18. The first kappa shape index (κ1) is 10.2. The molecule has 1 unspecified atom stereocenters. The molecule has 0 aliphatic carbocycles. The van der Waals surface area contributed by atoms with E-state index in [2.05, 4.69) is 34.3 Å². The van der Waals surface area contributed by atoms with Gasteiger partial charge in [0.15, 0.2) is 6.23 Å². The predicted octanol–water partition coefficient (Wildman–Crippen LogP) is 2.83. The molecule has 0 amide bonds. The summed E-state index contributed by atoms with van der Waals surface area (Å²) >= 11 is 2.28. The van der Waals surface area contributed by atoms with Crippen molar-refractivity contribution in [1.82, 2.24) is 9.78 Å². The van der Waals surface area contributed by atoms with Crippen LogP contribution >= 0.6 is 22.6 Å². The first-order valence-electron chi connectivity index (χ1n) is 4.80. The Balaban J connectivity index is 2.20. The van der Waals surface area contributed by atoms with Crippen LogP contribution in [0.15, 0.2) is 12.6 Å². The lowest BCUT2D eigenvalue weighted by Crippen LogP contribution is -2.20. The summed E-state index contributed by atoms with van der Waals surface area (Å²) in [6.07, 6.45) is 5.35. The molecule has 76 valence electrons. The third-order valence-corrected chi connectivity index (χ3v) is 3.15. The molecule has 0 radical (unpaired) electrons. The van der Waals surface area contributed by atoms with Crippen LogP contribution in [0.4, 0.5) is 0 Å². The lowest BCUT2D eigenvalue weighted by atomic mass is 10.2. The molecule has 4 heteroatoms. The molecule has 1 aliphatic heterocycles. The van der Waals surface area contributed by atoms with E-state index in [0.717, 1.165) is 22.4 Å². The summed E-state index contributed by atoms with van der Waals surface area (Å²) in [5, 5.41) is 4.42. The molecule has 1 atom stereocenters. The molecular formula is C10H13IN2O. The van der Waals surface area contributed by atoms with Crippen molar-refractivity contribution >= 4 is 28.7 Å². The Morgan fingerprint density at radius 2 is 2.50 bits per heavy atom. The maximum atomic E-state index is 5.66. The van der Waals surface area contributed by atoms with Gasteiger partial charge in [-0.15, -0.1) is 0 Å². The van der Waals surface area contributed by atoms with Gasteiger partial charge in [-0.05, 0) is 54.0 Å². The molecule has 2 heterocycles. The zero-order valence-electron chi connectivity index (χ0n) is 7.95. The summed E-state index contributed by atoms with van der Waals surface area (Å²) in [5.41, 5.74) is 0.920. The Kier molecular flexibility index (Phi) is 3.22. The van der Waals surface area contributed by atoms with Crippen molar-refractivity contribution in [2.24, 2.45) is 0 Å². The Morgan fingerprint density at radius 3 is 3.07 bits per heavy atom. The smallest absolute Gasteiger partial charge is 0.151 e. The van der Waals surface area contributed by atoms with Crippen LogP contribution in [0.5, 0.6) is 0 Å². The zero-order chi connectivity index (χ0) is 9.97. The average Bonchev–Trinajstić information content (AvgIpc) is 2.61. The summed E-state index contributed by atoms with van der Waals surface area (Å²) < 4.78 is 8.73. The second kappa shape index (κ2) is 4.44. The Labute approximate surface area is 97.3 Å². The summed E-state index contributed by atoms with van der Waals surface area (Å²) in [5.74, 6) is 0. The van der Waals surface area contributed by atoms with Gasteiger partial charge in [0.1, 0.15) is 3.70 Å². The quantitative estimate of drug-likeness (QED) is 0.786. The molecule has 1 saturated heterocycles. The molecule has 1 aliphatic rings. The normalized spacial score (nSPS) is 22.2. The lowest BCUT2D eigenvalue weighted by Gasteiger charge is -2.23. The maximum Gasteiger partial charge on any atom is 0.151 e. The van der Waals surface area contributed by atoms with Crippen molar-refractivity contribution in [3.05, 3.63) is 22.0 Å². The maximum absolute atomic E-state index is 5.66. The summed E-state index contributed by atoms with van der Waals surface area (Å²) in [7, 11) is 0. The van der Waals surface area contributed by atoms with E-state index in [1.807, 2.05) is 10.7 Å². The number of nitrogens with zero attached hydrogens (tertiary/aromatic N) is 2. The van der Waals surface area contributed by atoms with Gasteiger partial charge in [-0.1, -0.05) is 6.58 Å². The SMILES string of the molecule is C=Cc1cc(I)n(C2CCCCO2)n1. The van der Waals surface area contributed by atoms with Crippen molar-refractivity contribution < 1.29 is 4.74 Å². The topological polar surface area (TPSA) is 27.1 Å². The van der Waals surface area contributed by atoms with Crippen molar-refractivity contribution in [3.8, 4) is 0 Å². The second-order valence-corrected chi connectivity index (χ2v) is 4.47. The number of halogens is 1. The van der Waals surface area contributed by atoms with Crippen LogP contribution in [-0.4, -0.2) is 16.4 Å². The fourth-order valence-electron chi connectivity index (χ4n) is 1.61. The standard InChI is InChI=1S/C10H13IN2O/c1-2-8-7-9(11)13(12-8)10-5-3-4-6-14-10/h2,7,10H,1,3-6H2. The molecule has 0 aromatic carbocycles.